The Bertz CT molecular complexity index is 185. The lowest BCUT2D eigenvalue weighted by atomic mass is 10.4. The van der Waals surface area contributed by atoms with E-state index in [1.54, 1.807) is 18.8 Å². The van der Waals surface area contributed by atoms with Crippen LogP contribution in [-0.4, -0.2) is 40.4 Å². The van der Waals surface area contributed by atoms with Gasteiger partial charge in [-0.3, -0.25) is 4.79 Å². The molecule has 0 heterocycles. The molecule has 5 heteroatoms. The average Bonchev–Trinajstić information content (AvgIpc) is 2.13. The molecule has 0 aliphatic carbocycles. The van der Waals surface area contributed by atoms with Crippen LogP contribution in [0.2, 0.25) is 0 Å². The molecule has 0 saturated heterocycles. The molecule has 0 aliphatic heterocycles. The molecule has 13 heavy (non-hydrogen) atoms. The molecule has 0 saturated carbocycles. The lowest BCUT2D eigenvalue weighted by Gasteiger charge is -2.15. The van der Waals surface area contributed by atoms with Gasteiger partial charge >= 0.3 is 0 Å². The Morgan fingerprint density at radius 1 is 1.77 bits per heavy atom. The Balaban J connectivity index is 3.93. The van der Waals surface area contributed by atoms with Crippen molar-refractivity contribution in [3.63, 3.8) is 0 Å². The number of oxime groups is 1. The zero-order valence-electron chi connectivity index (χ0n) is 8.23. The molecule has 0 radical (unpaired) electrons. The molecule has 0 fully saturated rings. The van der Waals surface area contributed by atoms with Gasteiger partial charge in [0.2, 0.25) is 5.91 Å². The zero-order valence-corrected chi connectivity index (χ0v) is 9.04. The summed E-state index contributed by atoms with van der Waals surface area (Å²) in [7, 11) is 1.57. The average molecular weight is 204 g/mol. The Morgan fingerprint density at radius 3 is 2.85 bits per heavy atom. The van der Waals surface area contributed by atoms with Gasteiger partial charge in [-0.05, 0) is 19.1 Å². The SMILES string of the molecule is CCCSC(C)C(=O)N(C)C=NO. The summed E-state index contributed by atoms with van der Waals surface area (Å²) in [5, 5.41) is 10.9. The van der Waals surface area contributed by atoms with Crippen LogP contribution in [0.1, 0.15) is 20.3 Å². The third-order valence-corrected chi connectivity index (χ3v) is 2.84. The van der Waals surface area contributed by atoms with Crippen molar-refractivity contribution in [1.82, 2.24) is 4.90 Å². The van der Waals surface area contributed by atoms with E-state index in [0.29, 0.717) is 0 Å². The number of nitrogens with zero attached hydrogens (tertiary/aromatic N) is 2. The molecule has 0 rings (SSSR count). The number of hydrogen-bond acceptors (Lipinski definition) is 4. The molecule has 0 aromatic carbocycles. The molecular weight excluding hydrogens is 188 g/mol. The van der Waals surface area contributed by atoms with E-state index in [0.717, 1.165) is 18.5 Å². The minimum atomic E-state index is -0.0806. The maximum atomic E-state index is 11.4. The van der Waals surface area contributed by atoms with Crippen LogP contribution in [0.5, 0.6) is 0 Å². The van der Waals surface area contributed by atoms with E-state index in [4.69, 9.17) is 5.21 Å². The molecule has 1 atom stereocenters. The van der Waals surface area contributed by atoms with Crippen molar-refractivity contribution < 1.29 is 10.0 Å². The molecule has 1 N–H and O–H groups in total. The highest BCUT2D eigenvalue weighted by atomic mass is 32.2. The topological polar surface area (TPSA) is 52.9 Å². The monoisotopic (exact) mass is 204 g/mol. The Kier molecular flexibility index (Phi) is 6.40. The predicted molar refractivity (Wildman–Crippen MR) is 55.3 cm³/mol. The smallest absolute Gasteiger partial charge is 0.240 e. The largest absolute Gasteiger partial charge is 0.410 e. The van der Waals surface area contributed by atoms with Gasteiger partial charge in [-0.15, -0.1) is 11.8 Å². The van der Waals surface area contributed by atoms with Crippen molar-refractivity contribution in [3.8, 4) is 0 Å². The third kappa shape index (κ3) is 4.77. The van der Waals surface area contributed by atoms with Crippen molar-refractivity contribution in [3.05, 3.63) is 0 Å². The van der Waals surface area contributed by atoms with E-state index in [2.05, 4.69) is 12.1 Å². The molecule has 0 aromatic rings. The minimum absolute atomic E-state index is 0.0451. The predicted octanol–water partition coefficient (Wildman–Crippen LogP) is 1.39. The second kappa shape index (κ2) is 6.77. The van der Waals surface area contributed by atoms with E-state index >= 15 is 0 Å². The minimum Gasteiger partial charge on any atom is -0.410 e. The van der Waals surface area contributed by atoms with Crippen LogP contribution in [0.3, 0.4) is 0 Å². The van der Waals surface area contributed by atoms with Crippen LogP contribution >= 0.6 is 11.8 Å². The van der Waals surface area contributed by atoms with Crippen molar-refractivity contribution in [2.45, 2.75) is 25.5 Å². The fraction of sp³-hybridized carbons (Fsp3) is 0.750. The summed E-state index contributed by atoms with van der Waals surface area (Å²) in [6.07, 6.45) is 2.16. The van der Waals surface area contributed by atoms with Gasteiger partial charge in [-0.25, -0.2) is 0 Å². The first kappa shape index (κ1) is 12.3. The fourth-order valence-corrected chi connectivity index (χ4v) is 1.69. The number of hydrogen-bond donors (Lipinski definition) is 1. The number of rotatable bonds is 5. The molecule has 0 spiro atoms. The first-order valence-electron chi connectivity index (χ1n) is 4.19. The highest BCUT2D eigenvalue weighted by Gasteiger charge is 2.15. The second-order valence-electron chi connectivity index (χ2n) is 2.69. The lowest BCUT2D eigenvalue weighted by Crippen LogP contribution is -2.32. The van der Waals surface area contributed by atoms with Crippen molar-refractivity contribution >= 4 is 24.0 Å². The number of thioether (sulfide) groups is 1. The van der Waals surface area contributed by atoms with E-state index < -0.39 is 0 Å². The molecule has 0 aromatic heterocycles. The van der Waals surface area contributed by atoms with Gasteiger partial charge in [0.25, 0.3) is 0 Å². The van der Waals surface area contributed by atoms with Crippen molar-refractivity contribution in [1.29, 1.82) is 0 Å². The zero-order chi connectivity index (χ0) is 10.3. The fourth-order valence-electron chi connectivity index (χ4n) is 0.787. The van der Waals surface area contributed by atoms with E-state index in [9.17, 15) is 4.79 Å². The molecule has 76 valence electrons. The normalized spacial score (nSPS) is 13.2. The summed E-state index contributed by atoms with van der Waals surface area (Å²) in [5.41, 5.74) is 0. The van der Waals surface area contributed by atoms with Crippen LogP contribution in [0, 0.1) is 0 Å². The van der Waals surface area contributed by atoms with E-state index in [1.165, 1.54) is 4.90 Å². The van der Waals surface area contributed by atoms with E-state index in [1.807, 2.05) is 6.92 Å². The molecule has 1 unspecified atom stereocenters. The van der Waals surface area contributed by atoms with Gasteiger partial charge in [0, 0.05) is 7.05 Å². The molecular formula is C8H16N2O2S. The number of carbonyl (C=O) groups is 1. The quantitative estimate of drug-likeness (QED) is 0.319. The molecule has 1 amide bonds. The van der Waals surface area contributed by atoms with Gasteiger partial charge in [0.05, 0.1) is 5.25 Å². The highest BCUT2D eigenvalue weighted by molar-refractivity contribution is 8.00. The van der Waals surface area contributed by atoms with Gasteiger partial charge in [-0.1, -0.05) is 12.1 Å². The highest BCUT2D eigenvalue weighted by Crippen LogP contribution is 2.12. The maximum absolute atomic E-state index is 11.4. The Hall–Kier alpha value is -0.710. The van der Waals surface area contributed by atoms with Gasteiger partial charge in [0.15, 0.2) is 0 Å². The summed E-state index contributed by atoms with van der Waals surface area (Å²) in [6, 6.07) is 0. The van der Waals surface area contributed by atoms with Crippen LogP contribution in [0.4, 0.5) is 0 Å². The summed E-state index contributed by atoms with van der Waals surface area (Å²) in [6.45, 7) is 3.92. The first-order valence-corrected chi connectivity index (χ1v) is 5.24. The van der Waals surface area contributed by atoms with Crippen LogP contribution < -0.4 is 0 Å². The van der Waals surface area contributed by atoms with Crippen molar-refractivity contribution in [2.75, 3.05) is 12.8 Å². The van der Waals surface area contributed by atoms with Crippen LogP contribution in [-0.2, 0) is 4.79 Å². The molecule has 4 nitrogen and oxygen atoms in total. The summed E-state index contributed by atoms with van der Waals surface area (Å²) >= 11 is 1.60. The molecule has 0 bridgehead atoms. The number of carbonyl (C=O) groups excluding carboxylic acids is 1. The first-order chi connectivity index (χ1) is 6.13. The lowest BCUT2D eigenvalue weighted by molar-refractivity contribution is -0.125. The Morgan fingerprint density at radius 2 is 2.38 bits per heavy atom. The summed E-state index contributed by atoms with van der Waals surface area (Å²) < 4.78 is 0. The standard InChI is InChI=1S/C8H16N2O2S/c1-4-5-13-7(2)8(11)10(3)6-9-12/h6-7,12H,4-5H2,1-3H3. The van der Waals surface area contributed by atoms with Gasteiger partial charge < -0.3 is 10.1 Å². The van der Waals surface area contributed by atoms with Gasteiger partial charge in [0.1, 0.15) is 6.34 Å². The summed E-state index contributed by atoms with van der Waals surface area (Å²) in [5.74, 6) is 0.924. The summed E-state index contributed by atoms with van der Waals surface area (Å²) in [4.78, 5) is 12.7. The van der Waals surface area contributed by atoms with Crippen LogP contribution in [0.25, 0.3) is 0 Å². The molecule has 0 aliphatic rings. The van der Waals surface area contributed by atoms with E-state index in [-0.39, 0.29) is 11.2 Å². The van der Waals surface area contributed by atoms with Crippen LogP contribution in [0.15, 0.2) is 5.16 Å². The van der Waals surface area contributed by atoms with Gasteiger partial charge in [-0.2, -0.15) is 0 Å². The second-order valence-corrected chi connectivity index (χ2v) is 4.14. The number of amides is 1. The van der Waals surface area contributed by atoms with Crippen molar-refractivity contribution in [2.24, 2.45) is 5.16 Å². The third-order valence-electron chi connectivity index (χ3n) is 1.49. The Labute approximate surface area is 83.0 Å². The maximum Gasteiger partial charge on any atom is 0.240 e.